The van der Waals surface area contributed by atoms with Crippen LogP contribution < -0.4 is 11.1 Å². The lowest BCUT2D eigenvalue weighted by Crippen LogP contribution is -2.45. The molecule has 8 heteroatoms. The first-order valence-electron chi connectivity index (χ1n) is 7.92. The van der Waals surface area contributed by atoms with Crippen molar-refractivity contribution >= 4 is 26.9 Å². The van der Waals surface area contributed by atoms with Gasteiger partial charge in [-0.2, -0.15) is 8.42 Å². The van der Waals surface area contributed by atoms with E-state index in [1.165, 1.54) is 0 Å². The van der Waals surface area contributed by atoms with E-state index < -0.39 is 21.4 Å². The third-order valence-corrected chi connectivity index (χ3v) is 5.87. The summed E-state index contributed by atoms with van der Waals surface area (Å²) in [7, 11) is -4.04. The average molecular weight is 351 g/mol. The number of carbonyl (C=O) groups excluding carboxylic acids is 1. The first-order valence-corrected chi connectivity index (χ1v) is 9.42. The van der Waals surface area contributed by atoms with Crippen LogP contribution in [0.2, 0.25) is 0 Å². The molecular weight excluding hydrogens is 330 g/mol. The molecule has 0 spiro atoms. The Morgan fingerprint density at radius 1 is 1.38 bits per heavy atom. The van der Waals surface area contributed by atoms with Crippen molar-refractivity contribution in [1.82, 2.24) is 10.3 Å². The summed E-state index contributed by atoms with van der Waals surface area (Å²) >= 11 is 0. The summed E-state index contributed by atoms with van der Waals surface area (Å²) in [5.74, 6) is -0.304. The number of amides is 1. The molecule has 1 aromatic carbocycles. The van der Waals surface area contributed by atoms with Gasteiger partial charge in [-0.1, -0.05) is 18.2 Å². The quantitative estimate of drug-likeness (QED) is 0.597. The molecule has 3 atom stereocenters. The molecule has 1 aliphatic rings. The molecule has 0 bridgehead atoms. The molecule has 1 heterocycles. The summed E-state index contributed by atoms with van der Waals surface area (Å²) in [4.78, 5) is 15.4. The maximum atomic E-state index is 12.3. The van der Waals surface area contributed by atoms with E-state index in [1.54, 1.807) is 0 Å². The fraction of sp³-hybridized carbons (Fsp3) is 0.438. The lowest BCUT2D eigenvalue weighted by Gasteiger charge is -2.16. The monoisotopic (exact) mass is 351 g/mol. The molecule has 7 nitrogen and oxygen atoms in total. The van der Waals surface area contributed by atoms with Crippen LogP contribution in [0.5, 0.6) is 0 Å². The zero-order valence-electron chi connectivity index (χ0n) is 13.1. The highest BCUT2D eigenvalue weighted by Gasteiger charge is 2.34. The number of nitrogens with two attached hydrogens (primary N) is 1. The molecule has 0 saturated heterocycles. The van der Waals surface area contributed by atoms with Crippen molar-refractivity contribution < 1.29 is 17.8 Å². The third-order valence-electron chi connectivity index (χ3n) is 4.60. The Kier molecular flexibility index (Phi) is 4.62. The normalized spacial score (nSPS) is 22.6. The van der Waals surface area contributed by atoms with Gasteiger partial charge >= 0.3 is 0 Å². The van der Waals surface area contributed by atoms with Crippen LogP contribution in [0.25, 0.3) is 10.9 Å². The van der Waals surface area contributed by atoms with Crippen LogP contribution in [-0.2, 0) is 21.3 Å². The molecule has 1 saturated carbocycles. The Morgan fingerprint density at radius 3 is 2.83 bits per heavy atom. The molecule has 1 unspecified atom stereocenters. The Bertz CT molecular complexity index is 846. The molecule has 1 aromatic heterocycles. The Balaban J connectivity index is 1.60. The number of hydrogen-bond acceptors (Lipinski definition) is 4. The summed E-state index contributed by atoms with van der Waals surface area (Å²) in [6.07, 6.45) is 3.34. The number of H-pyrrole nitrogens is 1. The third kappa shape index (κ3) is 3.61. The van der Waals surface area contributed by atoms with Crippen molar-refractivity contribution in [1.29, 1.82) is 0 Å². The predicted molar refractivity (Wildman–Crippen MR) is 91.1 cm³/mol. The maximum absolute atomic E-state index is 12.3. The zero-order valence-corrected chi connectivity index (χ0v) is 13.9. The second-order valence-electron chi connectivity index (χ2n) is 6.33. The number of aromatic nitrogens is 1. The van der Waals surface area contributed by atoms with E-state index in [-0.39, 0.29) is 18.4 Å². The van der Waals surface area contributed by atoms with Gasteiger partial charge in [0.15, 0.2) is 0 Å². The van der Waals surface area contributed by atoms with Crippen LogP contribution in [0.15, 0.2) is 30.5 Å². The van der Waals surface area contributed by atoms with Crippen molar-refractivity contribution in [3.05, 3.63) is 36.0 Å². The standard InChI is InChI=1S/C16H21N3O4S/c17-14(7-10-9-18-15-4-2-1-3-13(10)15)16(20)19-11-5-6-12(8-11)24(21,22)23/h1-4,9,11-12,14,18H,5-8,17H2,(H,19,20)(H,21,22,23)/t11?,12-,14+/m1/s1. The van der Waals surface area contributed by atoms with Gasteiger partial charge in [-0.25, -0.2) is 0 Å². The van der Waals surface area contributed by atoms with E-state index in [1.807, 2.05) is 30.5 Å². The second-order valence-corrected chi connectivity index (χ2v) is 8.02. The minimum atomic E-state index is -4.04. The van der Waals surface area contributed by atoms with Gasteiger partial charge in [-0.3, -0.25) is 9.35 Å². The molecular formula is C16H21N3O4S. The van der Waals surface area contributed by atoms with Crippen LogP contribution in [0.4, 0.5) is 0 Å². The molecule has 0 aliphatic heterocycles. The molecule has 24 heavy (non-hydrogen) atoms. The average Bonchev–Trinajstić information content (AvgIpc) is 3.14. The first-order chi connectivity index (χ1) is 11.3. The lowest BCUT2D eigenvalue weighted by atomic mass is 10.0. The first kappa shape index (κ1) is 16.9. The number of para-hydroxylation sites is 1. The van der Waals surface area contributed by atoms with Gasteiger partial charge in [-0.05, 0) is 37.3 Å². The molecule has 1 aliphatic carbocycles. The summed E-state index contributed by atoms with van der Waals surface area (Å²) in [5, 5.41) is 3.03. The van der Waals surface area contributed by atoms with Crippen molar-refractivity contribution in [3.63, 3.8) is 0 Å². The van der Waals surface area contributed by atoms with Gasteiger partial charge in [0, 0.05) is 23.1 Å². The van der Waals surface area contributed by atoms with Crippen molar-refractivity contribution in [3.8, 4) is 0 Å². The lowest BCUT2D eigenvalue weighted by molar-refractivity contribution is -0.123. The van der Waals surface area contributed by atoms with Gasteiger partial charge in [0.25, 0.3) is 10.1 Å². The summed E-state index contributed by atoms with van der Waals surface area (Å²) in [6, 6.07) is 6.81. The van der Waals surface area contributed by atoms with Crippen molar-refractivity contribution in [2.75, 3.05) is 0 Å². The van der Waals surface area contributed by atoms with E-state index in [2.05, 4.69) is 10.3 Å². The largest absolute Gasteiger partial charge is 0.361 e. The van der Waals surface area contributed by atoms with Gasteiger partial charge < -0.3 is 16.0 Å². The highest BCUT2D eigenvalue weighted by Crippen LogP contribution is 2.25. The molecule has 130 valence electrons. The van der Waals surface area contributed by atoms with E-state index in [9.17, 15) is 13.2 Å². The fourth-order valence-electron chi connectivity index (χ4n) is 3.28. The minimum absolute atomic E-state index is 0.227. The van der Waals surface area contributed by atoms with Gasteiger partial charge in [-0.15, -0.1) is 0 Å². The number of rotatable bonds is 5. The number of hydrogen-bond donors (Lipinski definition) is 4. The second kappa shape index (κ2) is 6.54. The number of benzene rings is 1. The molecule has 2 aromatic rings. The van der Waals surface area contributed by atoms with E-state index in [0.717, 1.165) is 16.5 Å². The van der Waals surface area contributed by atoms with E-state index >= 15 is 0 Å². The van der Waals surface area contributed by atoms with Gasteiger partial charge in [0.05, 0.1) is 11.3 Å². The molecule has 5 N–H and O–H groups in total. The predicted octanol–water partition coefficient (Wildman–Crippen LogP) is 0.963. The Hall–Kier alpha value is -1.90. The number of nitrogens with one attached hydrogen (secondary N) is 2. The Labute approximate surface area is 140 Å². The molecule has 1 amide bonds. The van der Waals surface area contributed by atoms with Crippen LogP contribution in [0.3, 0.4) is 0 Å². The molecule has 1 fully saturated rings. The SMILES string of the molecule is N[C@@H](Cc1c[nH]c2ccccc12)C(=O)NC1CC[C@@H](S(=O)(=O)O)C1. The number of aromatic amines is 1. The number of carbonyl (C=O) groups is 1. The number of fused-ring (bicyclic) bond motifs is 1. The van der Waals surface area contributed by atoms with Crippen molar-refractivity contribution in [2.24, 2.45) is 5.73 Å². The minimum Gasteiger partial charge on any atom is -0.361 e. The van der Waals surface area contributed by atoms with Crippen molar-refractivity contribution in [2.45, 2.75) is 43.0 Å². The summed E-state index contributed by atoms with van der Waals surface area (Å²) in [6.45, 7) is 0. The van der Waals surface area contributed by atoms with Gasteiger partial charge in [0.1, 0.15) is 0 Å². The van der Waals surface area contributed by atoms with Crippen LogP contribution >= 0.6 is 0 Å². The topological polar surface area (TPSA) is 125 Å². The zero-order chi connectivity index (χ0) is 17.3. The van der Waals surface area contributed by atoms with Crippen LogP contribution in [-0.4, -0.2) is 41.2 Å². The van der Waals surface area contributed by atoms with Crippen LogP contribution in [0, 0.1) is 0 Å². The van der Waals surface area contributed by atoms with E-state index in [0.29, 0.717) is 19.3 Å². The smallest absolute Gasteiger partial charge is 0.267 e. The molecule has 3 rings (SSSR count). The maximum Gasteiger partial charge on any atom is 0.267 e. The summed E-state index contributed by atoms with van der Waals surface area (Å²) < 4.78 is 31.4. The Morgan fingerprint density at radius 2 is 2.12 bits per heavy atom. The molecule has 0 radical (unpaired) electrons. The van der Waals surface area contributed by atoms with Crippen LogP contribution in [0.1, 0.15) is 24.8 Å². The highest BCUT2D eigenvalue weighted by molar-refractivity contribution is 7.86. The van der Waals surface area contributed by atoms with E-state index in [4.69, 9.17) is 10.3 Å². The summed E-state index contributed by atoms with van der Waals surface area (Å²) in [5.41, 5.74) is 7.96. The highest BCUT2D eigenvalue weighted by atomic mass is 32.2. The fourth-order valence-corrected chi connectivity index (χ4v) is 4.19. The van der Waals surface area contributed by atoms with Gasteiger partial charge in [0.2, 0.25) is 5.91 Å².